The molecule has 3 nitrogen and oxygen atoms in total. The first kappa shape index (κ1) is 16.7. The molecule has 1 aromatic carbocycles. The monoisotopic (exact) mass is 316 g/mol. The van der Waals surface area contributed by atoms with Crippen molar-refractivity contribution >= 4 is 22.2 Å². The summed E-state index contributed by atoms with van der Waals surface area (Å²) < 4.78 is 0. The quantitative estimate of drug-likeness (QED) is 0.844. The molecule has 0 fully saturated rings. The number of hydrogen-bond acceptors (Lipinski definition) is 3. The van der Waals surface area contributed by atoms with Crippen molar-refractivity contribution in [2.45, 2.75) is 39.3 Å². The van der Waals surface area contributed by atoms with E-state index in [1.54, 1.807) is 18.3 Å². The molecule has 2 aromatic rings. The Hall–Kier alpha value is -1.65. The second kappa shape index (κ2) is 8.11. The summed E-state index contributed by atoms with van der Waals surface area (Å²) in [5.41, 5.74) is 1.33. The third kappa shape index (κ3) is 4.97. The average Bonchev–Trinajstić information content (AvgIpc) is 2.99. The maximum Gasteiger partial charge on any atom is 0.224 e. The van der Waals surface area contributed by atoms with Gasteiger partial charge in [-0.05, 0) is 43.3 Å². The number of carbonyl (C=O) groups is 1. The Morgan fingerprint density at radius 1 is 1.14 bits per heavy atom. The fourth-order valence-corrected chi connectivity index (χ4v) is 3.42. The lowest BCUT2D eigenvalue weighted by atomic mass is 10.1. The minimum Gasteiger partial charge on any atom is -0.310 e. The first-order chi connectivity index (χ1) is 10.6. The van der Waals surface area contributed by atoms with Gasteiger partial charge in [-0.15, -0.1) is 11.3 Å². The van der Waals surface area contributed by atoms with Gasteiger partial charge in [0.05, 0.1) is 5.00 Å². The standard InChI is InChI=1S/C18H24N2OS/c1-14(12-17-8-5-4-6-9-17)19-15(2)13-20(16(3)21)18-10-7-11-22-18/h4-11,14-15,19H,12-13H2,1-3H3. The number of thiophene rings is 1. The molecule has 1 amide bonds. The van der Waals surface area contributed by atoms with Crippen LogP contribution in [0.1, 0.15) is 26.3 Å². The number of rotatable bonds is 7. The molecule has 0 bridgehead atoms. The van der Waals surface area contributed by atoms with Crippen LogP contribution in [0.5, 0.6) is 0 Å². The minimum atomic E-state index is 0.0896. The molecule has 118 valence electrons. The van der Waals surface area contributed by atoms with Crippen LogP contribution in [-0.4, -0.2) is 24.5 Å². The SMILES string of the molecule is CC(=O)N(CC(C)NC(C)Cc1ccccc1)c1cccs1. The topological polar surface area (TPSA) is 32.3 Å². The average molecular weight is 316 g/mol. The van der Waals surface area contributed by atoms with Gasteiger partial charge in [0.15, 0.2) is 0 Å². The minimum absolute atomic E-state index is 0.0896. The Balaban J connectivity index is 1.88. The summed E-state index contributed by atoms with van der Waals surface area (Å²) in [5, 5.41) is 6.60. The molecule has 0 saturated carbocycles. The molecule has 1 aromatic heterocycles. The van der Waals surface area contributed by atoms with Crippen LogP contribution in [0.25, 0.3) is 0 Å². The first-order valence-corrected chi connectivity index (χ1v) is 8.56. The van der Waals surface area contributed by atoms with Gasteiger partial charge in [-0.25, -0.2) is 0 Å². The number of nitrogens with zero attached hydrogens (tertiary/aromatic N) is 1. The van der Waals surface area contributed by atoms with E-state index in [2.05, 4.69) is 43.4 Å². The van der Waals surface area contributed by atoms with Crippen LogP contribution in [0, 0.1) is 0 Å². The zero-order chi connectivity index (χ0) is 15.9. The van der Waals surface area contributed by atoms with E-state index in [1.165, 1.54) is 5.56 Å². The molecule has 0 saturated heterocycles. The number of benzene rings is 1. The second-order valence-electron chi connectivity index (χ2n) is 5.74. The lowest BCUT2D eigenvalue weighted by molar-refractivity contribution is -0.116. The Labute approximate surface area is 137 Å². The van der Waals surface area contributed by atoms with Crippen molar-refractivity contribution in [2.75, 3.05) is 11.4 Å². The van der Waals surface area contributed by atoms with E-state index in [1.807, 2.05) is 28.5 Å². The fraction of sp³-hybridized carbons (Fsp3) is 0.389. The highest BCUT2D eigenvalue weighted by molar-refractivity contribution is 7.14. The normalized spacial score (nSPS) is 13.6. The lowest BCUT2D eigenvalue weighted by Crippen LogP contribution is -2.45. The summed E-state index contributed by atoms with van der Waals surface area (Å²) in [4.78, 5) is 13.7. The van der Waals surface area contributed by atoms with Gasteiger partial charge >= 0.3 is 0 Å². The molecular formula is C18H24N2OS. The van der Waals surface area contributed by atoms with Crippen molar-refractivity contribution in [1.29, 1.82) is 0 Å². The number of anilines is 1. The van der Waals surface area contributed by atoms with Gasteiger partial charge < -0.3 is 10.2 Å². The maximum atomic E-state index is 11.9. The molecule has 0 radical (unpaired) electrons. The molecule has 4 heteroatoms. The molecule has 0 aliphatic carbocycles. The lowest BCUT2D eigenvalue weighted by Gasteiger charge is -2.26. The molecule has 0 aliphatic rings. The van der Waals surface area contributed by atoms with E-state index in [-0.39, 0.29) is 11.9 Å². The number of carbonyl (C=O) groups excluding carboxylic acids is 1. The van der Waals surface area contributed by atoms with Crippen LogP contribution in [0.15, 0.2) is 47.8 Å². The maximum absolute atomic E-state index is 11.9. The highest BCUT2D eigenvalue weighted by Crippen LogP contribution is 2.21. The summed E-state index contributed by atoms with van der Waals surface area (Å²) in [5.74, 6) is 0.0896. The third-order valence-corrected chi connectivity index (χ3v) is 4.45. The van der Waals surface area contributed by atoms with Gasteiger partial charge in [-0.3, -0.25) is 4.79 Å². The summed E-state index contributed by atoms with van der Waals surface area (Å²) >= 11 is 1.60. The van der Waals surface area contributed by atoms with Crippen LogP contribution < -0.4 is 10.2 Å². The predicted octanol–water partition coefficient (Wildman–Crippen LogP) is 3.71. The van der Waals surface area contributed by atoms with Crippen molar-refractivity contribution in [2.24, 2.45) is 0 Å². The van der Waals surface area contributed by atoms with Gasteiger partial charge in [-0.1, -0.05) is 30.3 Å². The van der Waals surface area contributed by atoms with Crippen LogP contribution in [0.4, 0.5) is 5.00 Å². The van der Waals surface area contributed by atoms with E-state index in [0.717, 1.165) is 11.4 Å². The number of nitrogens with one attached hydrogen (secondary N) is 1. The van der Waals surface area contributed by atoms with Crippen molar-refractivity contribution in [3.05, 3.63) is 53.4 Å². The van der Waals surface area contributed by atoms with Crippen LogP contribution in [0.2, 0.25) is 0 Å². The Bertz CT molecular complexity index is 568. The predicted molar refractivity (Wildman–Crippen MR) is 94.6 cm³/mol. The Kier molecular flexibility index (Phi) is 6.16. The van der Waals surface area contributed by atoms with Crippen molar-refractivity contribution in [3.8, 4) is 0 Å². The van der Waals surface area contributed by atoms with Crippen molar-refractivity contribution in [1.82, 2.24) is 5.32 Å². The van der Waals surface area contributed by atoms with Crippen LogP contribution in [0.3, 0.4) is 0 Å². The van der Waals surface area contributed by atoms with E-state index in [4.69, 9.17) is 0 Å². The van der Waals surface area contributed by atoms with Gasteiger partial charge in [-0.2, -0.15) is 0 Å². The second-order valence-corrected chi connectivity index (χ2v) is 6.67. The zero-order valence-corrected chi connectivity index (χ0v) is 14.3. The largest absolute Gasteiger partial charge is 0.310 e. The molecule has 1 heterocycles. The van der Waals surface area contributed by atoms with Gasteiger partial charge in [0.1, 0.15) is 0 Å². The molecule has 2 atom stereocenters. The van der Waals surface area contributed by atoms with Crippen LogP contribution in [-0.2, 0) is 11.2 Å². The molecule has 0 aliphatic heterocycles. The third-order valence-electron chi connectivity index (χ3n) is 3.56. The molecule has 1 N–H and O–H groups in total. The molecular weight excluding hydrogens is 292 g/mol. The van der Waals surface area contributed by atoms with Gasteiger partial charge in [0, 0.05) is 25.6 Å². The first-order valence-electron chi connectivity index (χ1n) is 7.68. The summed E-state index contributed by atoms with van der Waals surface area (Å²) in [6.45, 7) is 6.63. The summed E-state index contributed by atoms with van der Waals surface area (Å²) in [6.07, 6.45) is 0.990. The fourth-order valence-electron chi connectivity index (χ4n) is 2.64. The van der Waals surface area contributed by atoms with Crippen molar-refractivity contribution < 1.29 is 4.79 Å². The van der Waals surface area contributed by atoms with E-state index < -0.39 is 0 Å². The van der Waals surface area contributed by atoms with E-state index in [9.17, 15) is 4.79 Å². The van der Waals surface area contributed by atoms with E-state index in [0.29, 0.717) is 12.6 Å². The molecule has 22 heavy (non-hydrogen) atoms. The Morgan fingerprint density at radius 2 is 1.86 bits per heavy atom. The summed E-state index contributed by atoms with van der Waals surface area (Å²) in [7, 11) is 0. The smallest absolute Gasteiger partial charge is 0.224 e. The molecule has 0 spiro atoms. The molecule has 2 rings (SSSR count). The zero-order valence-electron chi connectivity index (χ0n) is 13.5. The number of hydrogen-bond donors (Lipinski definition) is 1. The highest BCUT2D eigenvalue weighted by Gasteiger charge is 2.17. The highest BCUT2D eigenvalue weighted by atomic mass is 32.1. The van der Waals surface area contributed by atoms with E-state index >= 15 is 0 Å². The van der Waals surface area contributed by atoms with Crippen molar-refractivity contribution in [3.63, 3.8) is 0 Å². The number of amides is 1. The van der Waals surface area contributed by atoms with Crippen LogP contribution >= 0.6 is 11.3 Å². The summed E-state index contributed by atoms with van der Waals surface area (Å²) in [6, 6.07) is 15.1. The molecule has 2 unspecified atom stereocenters. The van der Waals surface area contributed by atoms with Gasteiger partial charge in [0.2, 0.25) is 5.91 Å². The van der Waals surface area contributed by atoms with Gasteiger partial charge in [0.25, 0.3) is 0 Å². The Morgan fingerprint density at radius 3 is 2.45 bits per heavy atom.